The van der Waals surface area contributed by atoms with E-state index in [0.29, 0.717) is 18.7 Å². The number of carbonyl (C=O) groups excluding carboxylic acids is 1. The normalized spacial score (nSPS) is 14.6. The number of nitrogens with zero attached hydrogens (tertiary/aromatic N) is 3. The van der Waals surface area contributed by atoms with Crippen molar-refractivity contribution < 1.29 is 14.6 Å². The van der Waals surface area contributed by atoms with Gasteiger partial charge in [-0.25, -0.2) is 14.8 Å². The molecule has 2 aromatic rings. The lowest BCUT2D eigenvalue weighted by atomic mass is 9.93. The number of aliphatic hydroxyl groups excluding tert-OH is 1. The van der Waals surface area contributed by atoms with Crippen molar-refractivity contribution in [3.05, 3.63) is 57.6 Å². The Morgan fingerprint density at radius 3 is 2.75 bits per heavy atom. The van der Waals surface area contributed by atoms with Crippen molar-refractivity contribution in [2.24, 2.45) is 0 Å². The molecular weight excluding hydrogens is 330 g/mol. The van der Waals surface area contributed by atoms with Gasteiger partial charge in [0.05, 0.1) is 18.2 Å². The topological polar surface area (TPSA) is 75.6 Å². The summed E-state index contributed by atoms with van der Waals surface area (Å²) in [4.78, 5) is 21.6. The van der Waals surface area contributed by atoms with E-state index in [1.165, 1.54) is 0 Å². The number of benzene rings is 1. The van der Waals surface area contributed by atoms with Gasteiger partial charge in [0.15, 0.2) is 0 Å². The molecule has 0 saturated carbocycles. The molecule has 24 heavy (non-hydrogen) atoms. The quantitative estimate of drug-likeness (QED) is 0.660. The summed E-state index contributed by atoms with van der Waals surface area (Å²) in [6.45, 7) is 2.77. The second-order valence-corrected chi connectivity index (χ2v) is 6.19. The standard InChI is InChI=1S/C17H18ClN3O3/c1-10-12(3-4-13-14(10)9-24-16(13)23)15(8-22)21(2)7-11-5-19-17(18)20-6-11/h3-6,15,22H,7-9H2,1-2H3. The van der Waals surface area contributed by atoms with Crippen molar-refractivity contribution >= 4 is 17.6 Å². The van der Waals surface area contributed by atoms with Crippen LogP contribution in [0, 0.1) is 6.92 Å². The maximum absolute atomic E-state index is 11.7. The minimum Gasteiger partial charge on any atom is -0.457 e. The molecule has 1 atom stereocenters. The molecule has 7 heteroatoms. The van der Waals surface area contributed by atoms with Crippen LogP contribution in [0.3, 0.4) is 0 Å². The molecule has 126 valence electrons. The fourth-order valence-electron chi connectivity index (χ4n) is 3.02. The number of ether oxygens (including phenoxy) is 1. The molecule has 3 rings (SSSR count). The number of fused-ring (bicyclic) bond motifs is 1. The van der Waals surface area contributed by atoms with E-state index in [4.69, 9.17) is 16.3 Å². The van der Waals surface area contributed by atoms with E-state index in [0.717, 1.165) is 22.3 Å². The van der Waals surface area contributed by atoms with Crippen LogP contribution in [-0.2, 0) is 17.9 Å². The number of cyclic esters (lactones) is 1. The van der Waals surface area contributed by atoms with Crippen molar-refractivity contribution in [1.82, 2.24) is 14.9 Å². The number of carbonyl (C=O) groups is 1. The molecule has 0 saturated heterocycles. The Balaban J connectivity index is 1.86. The van der Waals surface area contributed by atoms with Crippen LogP contribution >= 0.6 is 11.6 Å². The van der Waals surface area contributed by atoms with Crippen LogP contribution in [0.2, 0.25) is 5.28 Å². The molecule has 0 fully saturated rings. The van der Waals surface area contributed by atoms with Gasteiger partial charge in [-0.2, -0.15) is 0 Å². The maximum Gasteiger partial charge on any atom is 0.338 e. The lowest BCUT2D eigenvalue weighted by molar-refractivity contribution is 0.0535. The summed E-state index contributed by atoms with van der Waals surface area (Å²) in [7, 11) is 1.92. The van der Waals surface area contributed by atoms with Crippen LogP contribution in [0.1, 0.15) is 38.7 Å². The van der Waals surface area contributed by atoms with Gasteiger partial charge < -0.3 is 9.84 Å². The van der Waals surface area contributed by atoms with Gasteiger partial charge in [0, 0.05) is 30.1 Å². The van der Waals surface area contributed by atoms with E-state index in [1.54, 1.807) is 18.5 Å². The highest BCUT2D eigenvalue weighted by Gasteiger charge is 2.27. The maximum atomic E-state index is 11.7. The number of rotatable bonds is 5. The Morgan fingerprint density at radius 1 is 1.38 bits per heavy atom. The minimum atomic E-state index is -0.285. The zero-order valence-electron chi connectivity index (χ0n) is 13.5. The van der Waals surface area contributed by atoms with E-state index in [2.05, 4.69) is 9.97 Å². The lowest BCUT2D eigenvalue weighted by Crippen LogP contribution is -2.28. The smallest absolute Gasteiger partial charge is 0.338 e. The summed E-state index contributed by atoms with van der Waals surface area (Å²) in [5.74, 6) is -0.285. The molecular formula is C17H18ClN3O3. The molecule has 2 heterocycles. The third-order valence-electron chi connectivity index (χ3n) is 4.38. The van der Waals surface area contributed by atoms with E-state index in [9.17, 15) is 9.90 Å². The molecule has 0 bridgehead atoms. The van der Waals surface area contributed by atoms with Crippen LogP contribution in [0.15, 0.2) is 24.5 Å². The molecule has 1 aromatic carbocycles. The zero-order valence-corrected chi connectivity index (χ0v) is 14.2. The van der Waals surface area contributed by atoms with Gasteiger partial charge in [-0.15, -0.1) is 0 Å². The van der Waals surface area contributed by atoms with Crippen molar-refractivity contribution in [3.63, 3.8) is 0 Å². The third kappa shape index (κ3) is 3.13. The number of esters is 1. The van der Waals surface area contributed by atoms with E-state index >= 15 is 0 Å². The fraction of sp³-hybridized carbons (Fsp3) is 0.353. The number of aromatic nitrogens is 2. The highest BCUT2D eigenvalue weighted by Crippen LogP contribution is 2.31. The van der Waals surface area contributed by atoms with Crippen LogP contribution in [0.4, 0.5) is 0 Å². The van der Waals surface area contributed by atoms with Gasteiger partial charge in [-0.1, -0.05) is 6.07 Å². The molecule has 1 N–H and O–H groups in total. The predicted octanol–water partition coefficient (Wildman–Crippen LogP) is 2.27. The minimum absolute atomic E-state index is 0.0423. The van der Waals surface area contributed by atoms with Gasteiger partial charge in [0.1, 0.15) is 6.61 Å². The van der Waals surface area contributed by atoms with Gasteiger partial charge in [-0.3, -0.25) is 4.90 Å². The second kappa shape index (κ2) is 6.84. The van der Waals surface area contributed by atoms with Gasteiger partial charge in [-0.05, 0) is 42.8 Å². The Kier molecular flexibility index (Phi) is 4.80. The van der Waals surface area contributed by atoms with Crippen LogP contribution in [-0.4, -0.2) is 39.6 Å². The van der Waals surface area contributed by atoms with Crippen LogP contribution < -0.4 is 0 Å². The van der Waals surface area contributed by atoms with Crippen LogP contribution in [0.5, 0.6) is 0 Å². The Bertz CT molecular complexity index is 764. The van der Waals surface area contributed by atoms with Gasteiger partial charge in [0.25, 0.3) is 0 Å². The van der Waals surface area contributed by atoms with Crippen molar-refractivity contribution in [1.29, 1.82) is 0 Å². The molecule has 1 unspecified atom stereocenters. The molecule has 0 radical (unpaired) electrons. The average Bonchev–Trinajstić information content (AvgIpc) is 2.94. The summed E-state index contributed by atoms with van der Waals surface area (Å²) in [6.07, 6.45) is 3.34. The largest absolute Gasteiger partial charge is 0.457 e. The Hall–Kier alpha value is -2.02. The van der Waals surface area contributed by atoms with E-state index in [1.807, 2.05) is 24.9 Å². The number of aliphatic hydroxyl groups is 1. The highest BCUT2D eigenvalue weighted by atomic mass is 35.5. The van der Waals surface area contributed by atoms with Gasteiger partial charge >= 0.3 is 5.97 Å². The SMILES string of the molecule is Cc1c(C(CO)N(C)Cc2cnc(Cl)nc2)ccc2c1COC2=O. The van der Waals surface area contributed by atoms with E-state index in [-0.39, 0.29) is 23.9 Å². The molecule has 1 aliphatic heterocycles. The van der Waals surface area contributed by atoms with Gasteiger partial charge in [0.2, 0.25) is 5.28 Å². The summed E-state index contributed by atoms with van der Waals surface area (Å²) in [5.41, 5.74) is 4.38. The number of hydrogen-bond donors (Lipinski definition) is 1. The molecule has 1 aliphatic rings. The summed E-state index contributed by atoms with van der Waals surface area (Å²) in [5, 5.41) is 10.1. The van der Waals surface area contributed by atoms with E-state index < -0.39 is 0 Å². The highest BCUT2D eigenvalue weighted by molar-refractivity contribution is 6.28. The first-order chi connectivity index (χ1) is 11.5. The first-order valence-electron chi connectivity index (χ1n) is 7.58. The summed E-state index contributed by atoms with van der Waals surface area (Å²) >= 11 is 5.71. The molecule has 1 aromatic heterocycles. The first kappa shape index (κ1) is 16.8. The lowest BCUT2D eigenvalue weighted by Gasteiger charge is -2.28. The predicted molar refractivity (Wildman–Crippen MR) is 88.6 cm³/mol. The fourth-order valence-corrected chi connectivity index (χ4v) is 3.12. The van der Waals surface area contributed by atoms with Crippen molar-refractivity contribution in [2.75, 3.05) is 13.7 Å². The van der Waals surface area contributed by atoms with Crippen molar-refractivity contribution in [3.8, 4) is 0 Å². The molecule has 0 aliphatic carbocycles. The number of halogens is 1. The molecule has 0 amide bonds. The summed E-state index contributed by atoms with van der Waals surface area (Å²) in [6, 6.07) is 3.45. The van der Waals surface area contributed by atoms with Crippen molar-refractivity contribution in [2.45, 2.75) is 26.1 Å². The second-order valence-electron chi connectivity index (χ2n) is 5.86. The third-order valence-corrected chi connectivity index (χ3v) is 4.57. The summed E-state index contributed by atoms with van der Waals surface area (Å²) < 4.78 is 5.10. The average molecular weight is 348 g/mol. The number of likely N-dealkylation sites (N-methyl/N-ethyl adjacent to an activating group) is 1. The number of hydrogen-bond acceptors (Lipinski definition) is 6. The zero-order chi connectivity index (χ0) is 17.3. The monoisotopic (exact) mass is 347 g/mol. The Labute approximate surface area is 145 Å². The van der Waals surface area contributed by atoms with Crippen LogP contribution in [0.25, 0.3) is 0 Å². The Morgan fingerprint density at radius 2 is 2.08 bits per heavy atom. The molecule has 6 nitrogen and oxygen atoms in total. The molecule has 0 spiro atoms. The first-order valence-corrected chi connectivity index (χ1v) is 7.96.